The van der Waals surface area contributed by atoms with Crippen LogP contribution in [0.25, 0.3) is 0 Å². The summed E-state index contributed by atoms with van der Waals surface area (Å²) in [5.74, 6) is -1.23. The van der Waals surface area contributed by atoms with Crippen molar-refractivity contribution in [2.24, 2.45) is 0 Å². The molecule has 0 saturated heterocycles. The van der Waals surface area contributed by atoms with Crippen LogP contribution in [0.5, 0.6) is 5.75 Å². The van der Waals surface area contributed by atoms with Gasteiger partial charge in [0.2, 0.25) is 0 Å². The van der Waals surface area contributed by atoms with E-state index in [1.54, 1.807) is 18.2 Å². The number of aromatic nitrogens is 2. The number of benzene rings is 1. The second kappa shape index (κ2) is 8.86. The number of para-hydroxylation sites is 1. The third-order valence-corrected chi connectivity index (χ3v) is 4.08. The maximum atomic E-state index is 13.1. The number of halogens is 1. The number of rotatable bonds is 7. The summed E-state index contributed by atoms with van der Waals surface area (Å²) in [6.07, 6.45) is 2.41. The van der Waals surface area contributed by atoms with Gasteiger partial charge in [0.25, 0.3) is 5.91 Å². The normalized spacial score (nSPS) is 10.2. The van der Waals surface area contributed by atoms with E-state index in [2.05, 4.69) is 25.9 Å². The fourth-order valence-corrected chi connectivity index (χ4v) is 2.69. The van der Waals surface area contributed by atoms with Crippen LogP contribution in [0.1, 0.15) is 20.7 Å². The minimum Gasteiger partial charge on any atom is -0.494 e. The van der Waals surface area contributed by atoms with E-state index in [1.165, 1.54) is 38.6 Å². The molecule has 0 aliphatic heterocycles. The first kappa shape index (κ1) is 20.5. The number of nitrogens with one attached hydrogen (secondary N) is 3. The number of nitrogens with zero attached hydrogens (tertiary/aromatic N) is 2. The summed E-state index contributed by atoms with van der Waals surface area (Å²) in [4.78, 5) is 31.8. The molecule has 9 nitrogen and oxygen atoms in total. The van der Waals surface area contributed by atoms with Gasteiger partial charge in [-0.15, -0.1) is 0 Å². The highest BCUT2D eigenvalue weighted by Crippen LogP contribution is 2.33. The van der Waals surface area contributed by atoms with Gasteiger partial charge in [-0.1, -0.05) is 6.07 Å². The zero-order valence-electron chi connectivity index (χ0n) is 16.1. The molecule has 0 unspecified atom stereocenters. The molecule has 2 heterocycles. The lowest BCUT2D eigenvalue weighted by atomic mass is 10.1. The molecule has 0 fully saturated rings. The van der Waals surface area contributed by atoms with E-state index in [0.717, 1.165) is 6.20 Å². The lowest BCUT2D eigenvalue weighted by molar-refractivity contribution is 0.0693. The molecule has 1 aromatic carbocycles. The van der Waals surface area contributed by atoms with Crippen LogP contribution < -0.4 is 20.7 Å². The van der Waals surface area contributed by atoms with Crippen LogP contribution in [0.2, 0.25) is 0 Å². The van der Waals surface area contributed by atoms with Gasteiger partial charge in [0.05, 0.1) is 30.2 Å². The number of pyridine rings is 2. The number of carboxylic acids is 1. The molecule has 154 valence electrons. The van der Waals surface area contributed by atoms with Crippen LogP contribution in [0, 0.1) is 5.82 Å². The van der Waals surface area contributed by atoms with Gasteiger partial charge in [0.15, 0.2) is 5.75 Å². The van der Waals surface area contributed by atoms with Crippen molar-refractivity contribution in [3.05, 3.63) is 65.7 Å². The number of hydrogen-bond donors (Lipinski definition) is 4. The smallest absolute Gasteiger partial charge is 0.339 e. The monoisotopic (exact) mass is 411 g/mol. The molecule has 0 spiro atoms. The van der Waals surface area contributed by atoms with Gasteiger partial charge in [-0.3, -0.25) is 4.79 Å². The van der Waals surface area contributed by atoms with Crippen LogP contribution in [0.3, 0.4) is 0 Å². The van der Waals surface area contributed by atoms with Gasteiger partial charge >= 0.3 is 5.97 Å². The van der Waals surface area contributed by atoms with Gasteiger partial charge in [0, 0.05) is 19.3 Å². The average molecular weight is 411 g/mol. The third kappa shape index (κ3) is 4.43. The maximum Gasteiger partial charge on any atom is 0.339 e. The molecule has 3 rings (SSSR count). The summed E-state index contributed by atoms with van der Waals surface area (Å²) in [5, 5.41) is 17.8. The van der Waals surface area contributed by atoms with E-state index < -0.39 is 17.7 Å². The molecule has 2 aromatic heterocycles. The Morgan fingerprint density at radius 2 is 1.77 bits per heavy atom. The molecular weight excluding hydrogens is 393 g/mol. The molecule has 4 N–H and O–H groups in total. The largest absolute Gasteiger partial charge is 0.494 e. The number of amides is 1. The van der Waals surface area contributed by atoms with Crippen molar-refractivity contribution in [3.63, 3.8) is 0 Å². The summed E-state index contributed by atoms with van der Waals surface area (Å²) in [6.45, 7) is 0. The van der Waals surface area contributed by atoms with E-state index in [4.69, 9.17) is 4.74 Å². The van der Waals surface area contributed by atoms with Gasteiger partial charge in [-0.2, -0.15) is 0 Å². The van der Waals surface area contributed by atoms with Crippen LogP contribution in [0.4, 0.5) is 27.4 Å². The second-order valence-corrected chi connectivity index (χ2v) is 6.00. The predicted octanol–water partition coefficient (Wildman–Crippen LogP) is 3.17. The molecule has 0 aliphatic rings. The lowest BCUT2D eigenvalue weighted by Crippen LogP contribution is -2.19. The highest BCUT2D eigenvalue weighted by Gasteiger charge is 2.18. The molecule has 30 heavy (non-hydrogen) atoms. The number of carboxylic acid groups (broad SMARTS) is 1. The van der Waals surface area contributed by atoms with E-state index in [1.807, 2.05) is 0 Å². The summed E-state index contributed by atoms with van der Waals surface area (Å²) in [5.41, 5.74) is 0.874. The Kier molecular flexibility index (Phi) is 6.06. The Morgan fingerprint density at radius 1 is 1.00 bits per heavy atom. The summed E-state index contributed by atoms with van der Waals surface area (Å²) in [7, 11) is 2.83. The SMILES string of the molecule is CNC(=O)c1cnc(Nc2ccc(F)cn2)cc1Nc1cccc(C(=O)O)c1OC. The number of hydrogen-bond acceptors (Lipinski definition) is 7. The summed E-state index contributed by atoms with van der Waals surface area (Å²) < 4.78 is 18.3. The molecule has 10 heteroatoms. The first-order chi connectivity index (χ1) is 14.4. The topological polar surface area (TPSA) is 125 Å². The molecule has 0 bridgehead atoms. The quantitative estimate of drug-likeness (QED) is 0.467. The van der Waals surface area contributed by atoms with Gasteiger partial charge in [-0.25, -0.2) is 19.2 Å². The molecule has 0 aliphatic carbocycles. The Hall–Kier alpha value is -4.21. The fraction of sp³-hybridized carbons (Fsp3) is 0.100. The highest BCUT2D eigenvalue weighted by atomic mass is 19.1. The molecule has 3 aromatic rings. The van der Waals surface area contributed by atoms with Crippen molar-refractivity contribution < 1.29 is 23.8 Å². The molecule has 0 saturated carbocycles. The van der Waals surface area contributed by atoms with E-state index in [-0.39, 0.29) is 16.9 Å². The first-order valence-electron chi connectivity index (χ1n) is 8.71. The number of methoxy groups -OCH3 is 1. The van der Waals surface area contributed by atoms with E-state index in [0.29, 0.717) is 23.0 Å². The van der Waals surface area contributed by atoms with Crippen LogP contribution >= 0.6 is 0 Å². The van der Waals surface area contributed by atoms with Gasteiger partial charge in [0.1, 0.15) is 23.0 Å². The van der Waals surface area contributed by atoms with E-state index >= 15 is 0 Å². The van der Waals surface area contributed by atoms with Crippen molar-refractivity contribution in [2.75, 3.05) is 24.8 Å². The Morgan fingerprint density at radius 3 is 2.40 bits per heavy atom. The standard InChI is InChI=1S/C20H18FN5O4/c1-22-19(27)13-10-24-17(26-16-7-6-11(21)9-23-16)8-15(13)25-14-5-3-4-12(20(28)29)18(14)30-2/h3-10H,1-2H3,(H,22,27)(H,28,29)(H2,23,24,25,26). The van der Waals surface area contributed by atoms with Crippen molar-refractivity contribution >= 4 is 34.9 Å². The number of anilines is 4. The zero-order chi connectivity index (χ0) is 21.7. The highest BCUT2D eigenvalue weighted by molar-refractivity contribution is 6.01. The average Bonchev–Trinajstić information content (AvgIpc) is 2.75. The fourth-order valence-electron chi connectivity index (χ4n) is 2.69. The molecular formula is C20H18FN5O4. The molecule has 0 radical (unpaired) electrons. The molecule has 1 amide bonds. The Labute approximate surface area is 170 Å². The minimum absolute atomic E-state index is 0.0353. The summed E-state index contributed by atoms with van der Waals surface area (Å²) >= 11 is 0. The zero-order valence-corrected chi connectivity index (χ0v) is 16.1. The lowest BCUT2D eigenvalue weighted by Gasteiger charge is -2.16. The number of carbonyl (C=O) groups excluding carboxylic acids is 1. The third-order valence-electron chi connectivity index (χ3n) is 4.08. The van der Waals surface area contributed by atoms with Gasteiger partial charge < -0.3 is 25.8 Å². The van der Waals surface area contributed by atoms with Crippen LogP contribution in [-0.2, 0) is 0 Å². The number of aromatic carboxylic acids is 1. The van der Waals surface area contributed by atoms with Gasteiger partial charge in [-0.05, 0) is 24.3 Å². The predicted molar refractivity (Wildman–Crippen MR) is 108 cm³/mol. The van der Waals surface area contributed by atoms with Crippen LogP contribution in [0.15, 0.2) is 48.8 Å². The van der Waals surface area contributed by atoms with Crippen LogP contribution in [-0.4, -0.2) is 41.1 Å². The number of ether oxygens (including phenoxy) is 1. The van der Waals surface area contributed by atoms with Crippen molar-refractivity contribution in [1.82, 2.24) is 15.3 Å². The Bertz CT molecular complexity index is 1090. The minimum atomic E-state index is -1.15. The van der Waals surface area contributed by atoms with Crippen molar-refractivity contribution in [1.29, 1.82) is 0 Å². The number of carbonyl (C=O) groups is 2. The van der Waals surface area contributed by atoms with E-state index in [9.17, 15) is 19.1 Å². The van der Waals surface area contributed by atoms with Crippen molar-refractivity contribution in [2.45, 2.75) is 0 Å². The van der Waals surface area contributed by atoms with Crippen molar-refractivity contribution in [3.8, 4) is 5.75 Å². The summed E-state index contributed by atoms with van der Waals surface area (Å²) in [6, 6.07) is 8.81. The Balaban J connectivity index is 2.01. The maximum absolute atomic E-state index is 13.1. The second-order valence-electron chi connectivity index (χ2n) is 6.00. The first-order valence-corrected chi connectivity index (χ1v) is 8.71. The molecule has 0 atom stereocenters.